The largest absolute Gasteiger partial charge is 0.0654 e. The van der Waals surface area contributed by atoms with E-state index in [2.05, 4.69) is 41.5 Å². The maximum absolute atomic E-state index is 2.45. The van der Waals surface area contributed by atoms with Gasteiger partial charge in [-0.25, -0.2) is 0 Å². The molecule has 0 nitrogen and oxygen atoms in total. The van der Waals surface area contributed by atoms with E-state index in [0.717, 1.165) is 23.7 Å². The zero-order valence-electron chi connectivity index (χ0n) is 13.3. The molecule has 0 amide bonds. The van der Waals surface area contributed by atoms with Gasteiger partial charge in [-0.2, -0.15) is 0 Å². The molecule has 4 atom stereocenters. The van der Waals surface area contributed by atoms with E-state index < -0.39 is 0 Å². The minimum atomic E-state index is 0.965. The van der Waals surface area contributed by atoms with Gasteiger partial charge in [-0.05, 0) is 30.1 Å². The highest BCUT2D eigenvalue weighted by Gasteiger charge is 2.34. The maximum Gasteiger partial charge on any atom is -0.0383 e. The molecule has 1 aliphatic rings. The highest BCUT2D eigenvalue weighted by Crippen LogP contribution is 2.42. The first kappa shape index (κ1) is 17.0. The van der Waals surface area contributed by atoms with Crippen molar-refractivity contribution in [2.75, 3.05) is 0 Å². The molecule has 0 aromatic heterocycles. The van der Waals surface area contributed by atoms with Gasteiger partial charge in [0, 0.05) is 0 Å². The molecule has 0 aromatic rings. The summed E-state index contributed by atoms with van der Waals surface area (Å²) in [5, 5.41) is 0. The summed E-state index contributed by atoms with van der Waals surface area (Å²) >= 11 is 0. The molecule has 0 saturated heterocycles. The van der Waals surface area contributed by atoms with E-state index in [4.69, 9.17) is 0 Å². The van der Waals surface area contributed by atoms with Crippen LogP contribution in [0.15, 0.2) is 0 Å². The van der Waals surface area contributed by atoms with Crippen molar-refractivity contribution in [3.8, 4) is 0 Å². The Morgan fingerprint density at radius 3 is 1.59 bits per heavy atom. The van der Waals surface area contributed by atoms with Crippen molar-refractivity contribution < 1.29 is 0 Å². The van der Waals surface area contributed by atoms with E-state index in [9.17, 15) is 0 Å². The van der Waals surface area contributed by atoms with Gasteiger partial charge >= 0.3 is 0 Å². The summed E-state index contributed by atoms with van der Waals surface area (Å²) in [6.45, 7) is 14.0. The lowest BCUT2D eigenvalue weighted by molar-refractivity contribution is 0.322. The summed E-state index contributed by atoms with van der Waals surface area (Å²) in [6, 6.07) is 0. The lowest BCUT2D eigenvalue weighted by Crippen LogP contribution is -2.09. The third-order valence-electron chi connectivity index (χ3n) is 4.78. The summed E-state index contributed by atoms with van der Waals surface area (Å²) in [6.07, 6.45) is 9.85. The minimum absolute atomic E-state index is 0.965. The Kier molecular flexibility index (Phi) is 9.97. The van der Waals surface area contributed by atoms with Gasteiger partial charge in [-0.3, -0.25) is 0 Å². The number of rotatable bonds is 5. The molecule has 0 bridgehead atoms. The highest BCUT2D eigenvalue weighted by molar-refractivity contribution is 4.83. The van der Waals surface area contributed by atoms with E-state index in [1.807, 2.05) is 0 Å². The number of hydrogen-bond donors (Lipinski definition) is 0. The Morgan fingerprint density at radius 2 is 1.29 bits per heavy atom. The Labute approximate surface area is 111 Å². The van der Waals surface area contributed by atoms with E-state index in [-0.39, 0.29) is 0 Å². The van der Waals surface area contributed by atoms with E-state index in [1.165, 1.54) is 44.9 Å². The summed E-state index contributed by atoms with van der Waals surface area (Å²) in [5.41, 5.74) is 0. The maximum atomic E-state index is 2.45. The zero-order chi connectivity index (χ0) is 13.3. The van der Waals surface area contributed by atoms with Crippen LogP contribution in [0.1, 0.15) is 86.5 Å². The molecule has 0 spiro atoms. The molecular weight excluding hydrogens is 204 g/mol. The predicted molar refractivity (Wildman–Crippen MR) is 80.3 cm³/mol. The SMILES string of the molecule is CCCCC.CCCCC1CC(C)C(C)C1C. The average molecular weight is 240 g/mol. The van der Waals surface area contributed by atoms with Crippen molar-refractivity contribution in [2.24, 2.45) is 23.7 Å². The fourth-order valence-corrected chi connectivity index (χ4v) is 3.05. The van der Waals surface area contributed by atoms with Crippen LogP contribution in [-0.2, 0) is 0 Å². The first-order valence-electron chi connectivity index (χ1n) is 8.08. The van der Waals surface area contributed by atoms with Crippen LogP contribution in [-0.4, -0.2) is 0 Å². The molecule has 0 N–H and O–H groups in total. The molecule has 0 heterocycles. The van der Waals surface area contributed by atoms with E-state index in [0.29, 0.717) is 0 Å². The van der Waals surface area contributed by atoms with Gasteiger partial charge in [0.25, 0.3) is 0 Å². The number of unbranched alkanes of at least 4 members (excludes halogenated alkanes) is 3. The second-order valence-electron chi connectivity index (χ2n) is 6.19. The lowest BCUT2D eigenvalue weighted by Gasteiger charge is -2.17. The Hall–Kier alpha value is 0. The monoisotopic (exact) mass is 240 g/mol. The second-order valence-corrected chi connectivity index (χ2v) is 6.19. The van der Waals surface area contributed by atoms with Crippen molar-refractivity contribution >= 4 is 0 Å². The summed E-state index contributed by atoms with van der Waals surface area (Å²) in [4.78, 5) is 0. The van der Waals surface area contributed by atoms with Crippen LogP contribution >= 0.6 is 0 Å². The van der Waals surface area contributed by atoms with Crippen molar-refractivity contribution in [3.63, 3.8) is 0 Å². The molecular formula is C17H36. The van der Waals surface area contributed by atoms with Gasteiger partial charge < -0.3 is 0 Å². The van der Waals surface area contributed by atoms with Crippen molar-refractivity contribution in [1.82, 2.24) is 0 Å². The topological polar surface area (TPSA) is 0 Å². The van der Waals surface area contributed by atoms with Gasteiger partial charge in [0.05, 0.1) is 0 Å². The molecule has 104 valence electrons. The smallest absolute Gasteiger partial charge is 0.0383 e. The second kappa shape index (κ2) is 9.97. The third kappa shape index (κ3) is 6.48. The van der Waals surface area contributed by atoms with Crippen LogP contribution in [0.3, 0.4) is 0 Å². The van der Waals surface area contributed by atoms with Crippen molar-refractivity contribution in [3.05, 3.63) is 0 Å². The van der Waals surface area contributed by atoms with Gasteiger partial charge in [0.2, 0.25) is 0 Å². The molecule has 1 aliphatic carbocycles. The molecule has 1 rings (SSSR count). The van der Waals surface area contributed by atoms with Gasteiger partial charge in [-0.1, -0.05) is 80.1 Å². The molecule has 0 heteroatoms. The van der Waals surface area contributed by atoms with Crippen LogP contribution in [0.4, 0.5) is 0 Å². The van der Waals surface area contributed by atoms with Crippen LogP contribution in [0, 0.1) is 23.7 Å². The Balaban J connectivity index is 0.000000437. The fraction of sp³-hybridized carbons (Fsp3) is 1.00. The van der Waals surface area contributed by atoms with Gasteiger partial charge in [0.15, 0.2) is 0 Å². The van der Waals surface area contributed by atoms with Crippen molar-refractivity contribution in [2.45, 2.75) is 86.5 Å². The van der Waals surface area contributed by atoms with Gasteiger partial charge in [0.1, 0.15) is 0 Å². The first-order chi connectivity index (χ1) is 8.08. The zero-order valence-corrected chi connectivity index (χ0v) is 13.3. The summed E-state index contributed by atoms with van der Waals surface area (Å²) < 4.78 is 0. The molecule has 1 saturated carbocycles. The van der Waals surface area contributed by atoms with Crippen molar-refractivity contribution in [1.29, 1.82) is 0 Å². The van der Waals surface area contributed by atoms with Gasteiger partial charge in [-0.15, -0.1) is 0 Å². The summed E-state index contributed by atoms with van der Waals surface area (Å²) in [7, 11) is 0. The molecule has 1 fully saturated rings. The van der Waals surface area contributed by atoms with Crippen LogP contribution in [0.2, 0.25) is 0 Å². The van der Waals surface area contributed by atoms with Crippen LogP contribution < -0.4 is 0 Å². The Morgan fingerprint density at radius 1 is 0.765 bits per heavy atom. The lowest BCUT2D eigenvalue weighted by atomic mass is 9.88. The standard InChI is InChI=1S/C12H24.C5H12/c1-5-6-7-12-8-9(2)10(3)11(12)4;1-3-5-4-2/h9-12H,5-8H2,1-4H3;3-5H2,1-2H3. The minimum Gasteiger partial charge on any atom is -0.0654 e. The number of hydrogen-bond acceptors (Lipinski definition) is 0. The third-order valence-corrected chi connectivity index (χ3v) is 4.78. The van der Waals surface area contributed by atoms with Crippen LogP contribution in [0.5, 0.6) is 0 Å². The summed E-state index contributed by atoms with van der Waals surface area (Å²) in [5.74, 6) is 3.95. The van der Waals surface area contributed by atoms with E-state index >= 15 is 0 Å². The molecule has 4 unspecified atom stereocenters. The van der Waals surface area contributed by atoms with Crippen LogP contribution in [0.25, 0.3) is 0 Å². The quantitative estimate of drug-likeness (QED) is 0.529. The fourth-order valence-electron chi connectivity index (χ4n) is 3.05. The molecule has 0 radical (unpaired) electrons. The predicted octanol–water partition coefficient (Wildman–Crippen LogP) is 6.30. The van der Waals surface area contributed by atoms with E-state index in [1.54, 1.807) is 0 Å². The molecule has 17 heavy (non-hydrogen) atoms. The Bertz CT molecular complexity index is 159. The molecule has 0 aliphatic heterocycles. The average Bonchev–Trinajstić information content (AvgIpc) is 2.56. The highest BCUT2D eigenvalue weighted by atomic mass is 14.4. The molecule has 0 aromatic carbocycles. The first-order valence-corrected chi connectivity index (χ1v) is 8.08. The normalized spacial score (nSPS) is 32.1.